The van der Waals surface area contributed by atoms with Crippen LogP contribution in [0.2, 0.25) is 0 Å². The Morgan fingerprint density at radius 1 is 1.20 bits per heavy atom. The number of hydrogen-bond acceptors (Lipinski definition) is 3. The van der Waals surface area contributed by atoms with Crippen LogP contribution in [-0.4, -0.2) is 58.2 Å². The van der Waals surface area contributed by atoms with Gasteiger partial charge in [0, 0.05) is 19.6 Å². The van der Waals surface area contributed by atoms with Gasteiger partial charge >= 0.3 is 12.0 Å². The van der Waals surface area contributed by atoms with E-state index in [1.807, 2.05) is 21.9 Å². The van der Waals surface area contributed by atoms with Crippen LogP contribution in [0.5, 0.6) is 0 Å². The van der Waals surface area contributed by atoms with E-state index in [1.165, 1.54) is 11.1 Å². The quantitative estimate of drug-likeness (QED) is 0.893. The summed E-state index contributed by atoms with van der Waals surface area (Å²) in [6.45, 7) is 2.29. The summed E-state index contributed by atoms with van der Waals surface area (Å²) in [6.07, 6.45) is 3.32. The summed E-state index contributed by atoms with van der Waals surface area (Å²) in [5.74, 6) is -0.874. The summed E-state index contributed by atoms with van der Waals surface area (Å²) < 4.78 is 6.05. The van der Waals surface area contributed by atoms with Crippen LogP contribution >= 0.6 is 0 Å². The van der Waals surface area contributed by atoms with Crippen LogP contribution in [0.3, 0.4) is 0 Å². The van der Waals surface area contributed by atoms with Crippen molar-refractivity contribution in [3.8, 4) is 0 Å². The van der Waals surface area contributed by atoms with E-state index >= 15 is 0 Å². The van der Waals surface area contributed by atoms with E-state index in [-0.39, 0.29) is 18.1 Å². The molecule has 1 aromatic carbocycles. The molecule has 1 saturated heterocycles. The molecule has 2 amide bonds. The van der Waals surface area contributed by atoms with Crippen molar-refractivity contribution in [3.05, 3.63) is 35.4 Å². The monoisotopic (exact) mass is 344 g/mol. The fourth-order valence-electron chi connectivity index (χ4n) is 4.24. The highest BCUT2D eigenvalue weighted by Crippen LogP contribution is 2.40. The van der Waals surface area contributed by atoms with E-state index in [4.69, 9.17) is 9.84 Å². The van der Waals surface area contributed by atoms with Gasteiger partial charge in [0.05, 0.1) is 24.7 Å². The molecule has 2 heterocycles. The molecule has 134 valence electrons. The van der Waals surface area contributed by atoms with E-state index in [1.54, 1.807) is 0 Å². The van der Waals surface area contributed by atoms with Crippen molar-refractivity contribution in [2.45, 2.75) is 50.4 Å². The van der Waals surface area contributed by atoms with Gasteiger partial charge in [0.1, 0.15) is 0 Å². The Balaban J connectivity index is 1.48. The molecular formula is C19H24N2O4. The fourth-order valence-corrected chi connectivity index (χ4v) is 4.24. The molecule has 2 aliphatic heterocycles. The number of carbonyl (C=O) groups is 2. The minimum absolute atomic E-state index is 0.0134. The molecule has 1 saturated carbocycles. The molecule has 1 aromatic rings. The fraction of sp³-hybridized carbons (Fsp3) is 0.579. The zero-order valence-electron chi connectivity index (χ0n) is 14.3. The van der Waals surface area contributed by atoms with Crippen molar-refractivity contribution >= 4 is 12.0 Å². The Morgan fingerprint density at radius 2 is 1.96 bits per heavy atom. The van der Waals surface area contributed by atoms with Crippen LogP contribution in [0.4, 0.5) is 4.79 Å². The second-order valence-corrected chi connectivity index (χ2v) is 7.48. The zero-order chi connectivity index (χ0) is 17.4. The number of morpholine rings is 1. The van der Waals surface area contributed by atoms with Gasteiger partial charge in [-0.25, -0.2) is 4.79 Å². The third-order valence-corrected chi connectivity index (χ3v) is 5.66. The summed E-state index contributed by atoms with van der Waals surface area (Å²) in [5, 5.41) is 9.12. The molecule has 6 heteroatoms. The molecule has 1 N–H and O–H groups in total. The lowest BCUT2D eigenvalue weighted by Gasteiger charge is -2.51. The molecule has 25 heavy (non-hydrogen) atoms. The van der Waals surface area contributed by atoms with Gasteiger partial charge in [-0.05, 0) is 36.8 Å². The molecule has 0 aromatic heterocycles. The van der Waals surface area contributed by atoms with Crippen molar-refractivity contribution in [1.82, 2.24) is 9.80 Å². The highest BCUT2D eigenvalue weighted by molar-refractivity contribution is 5.75. The average molecular weight is 344 g/mol. The maximum Gasteiger partial charge on any atom is 0.320 e. The molecule has 0 bridgehead atoms. The van der Waals surface area contributed by atoms with E-state index in [9.17, 15) is 9.59 Å². The van der Waals surface area contributed by atoms with Gasteiger partial charge in [0.2, 0.25) is 0 Å². The Kier molecular flexibility index (Phi) is 4.15. The van der Waals surface area contributed by atoms with Gasteiger partial charge in [-0.3, -0.25) is 4.79 Å². The summed E-state index contributed by atoms with van der Waals surface area (Å²) in [5.41, 5.74) is 2.20. The third-order valence-electron chi connectivity index (χ3n) is 5.66. The van der Waals surface area contributed by atoms with E-state index in [0.717, 1.165) is 25.7 Å². The van der Waals surface area contributed by atoms with Gasteiger partial charge in [-0.15, -0.1) is 0 Å². The first-order valence-electron chi connectivity index (χ1n) is 9.05. The highest BCUT2D eigenvalue weighted by Gasteiger charge is 2.47. The van der Waals surface area contributed by atoms with Gasteiger partial charge in [0.25, 0.3) is 0 Å². The predicted molar refractivity (Wildman–Crippen MR) is 91.2 cm³/mol. The molecule has 1 unspecified atom stereocenters. The van der Waals surface area contributed by atoms with Crippen LogP contribution in [0.15, 0.2) is 24.3 Å². The number of aliphatic carboxylic acids is 1. The van der Waals surface area contributed by atoms with Crippen LogP contribution in [-0.2, 0) is 22.5 Å². The number of ether oxygens (including phenoxy) is 1. The predicted octanol–water partition coefficient (Wildman–Crippen LogP) is 2.26. The largest absolute Gasteiger partial charge is 0.481 e. The molecule has 2 fully saturated rings. The molecule has 6 nitrogen and oxygen atoms in total. The molecule has 0 radical (unpaired) electrons. The molecule has 3 aliphatic rings. The smallest absolute Gasteiger partial charge is 0.320 e. The maximum atomic E-state index is 13.1. The molecular weight excluding hydrogens is 320 g/mol. The summed E-state index contributed by atoms with van der Waals surface area (Å²) in [6, 6.07) is 8.26. The number of fused-ring (bicyclic) bond motifs is 1. The first-order valence-corrected chi connectivity index (χ1v) is 9.05. The van der Waals surface area contributed by atoms with E-state index < -0.39 is 12.1 Å². The maximum absolute atomic E-state index is 13.1. The Labute approximate surface area is 147 Å². The minimum atomic E-state index is -0.874. The second-order valence-electron chi connectivity index (χ2n) is 7.48. The number of carboxylic acids is 1. The topological polar surface area (TPSA) is 70.1 Å². The number of urea groups is 1. The van der Waals surface area contributed by atoms with Gasteiger partial charge in [-0.1, -0.05) is 24.3 Å². The van der Waals surface area contributed by atoms with Crippen molar-refractivity contribution in [2.75, 3.05) is 19.6 Å². The lowest BCUT2D eigenvalue weighted by Crippen LogP contribution is -2.62. The molecule has 4 rings (SSSR count). The first-order chi connectivity index (χ1) is 12.0. The van der Waals surface area contributed by atoms with Crippen LogP contribution < -0.4 is 0 Å². The zero-order valence-corrected chi connectivity index (χ0v) is 14.3. The molecule has 1 aliphatic carbocycles. The SMILES string of the molecule is O=C(O)CC1CN(C(=O)N2CCc3ccccc3C2)CC2(CCC2)O1. The number of carboxylic acid groups (broad SMARTS) is 1. The van der Waals surface area contributed by atoms with Gasteiger partial charge < -0.3 is 19.6 Å². The van der Waals surface area contributed by atoms with Gasteiger partial charge in [-0.2, -0.15) is 0 Å². The van der Waals surface area contributed by atoms with Gasteiger partial charge in [0.15, 0.2) is 0 Å². The minimum Gasteiger partial charge on any atom is -0.481 e. The number of carbonyl (C=O) groups excluding carboxylic acids is 1. The second kappa shape index (κ2) is 6.33. The van der Waals surface area contributed by atoms with Crippen molar-refractivity contribution in [1.29, 1.82) is 0 Å². The highest BCUT2D eigenvalue weighted by atomic mass is 16.5. The standard InChI is InChI=1S/C19H24N2O4/c22-17(23)10-16-12-21(13-19(25-16)7-3-8-19)18(24)20-9-6-14-4-1-2-5-15(14)11-20/h1-2,4-5,16H,3,6-13H2,(H,22,23). The Morgan fingerprint density at radius 3 is 2.64 bits per heavy atom. The average Bonchev–Trinajstić information content (AvgIpc) is 2.58. The Hall–Kier alpha value is -2.08. The van der Waals surface area contributed by atoms with Crippen LogP contribution in [0, 0.1) is 0 Å². The van der Waals surface area contributed by atoms with E-state index in [0.29, 0.717) is 26.2 Å². The van der Waals surface area contributed by atoms with E-state index in [2.05, 4.69) is 12.1 Å². The first kappa shape index (κ1) is 16.4. The Bertz CT molecular complexity index is 686. The number of nitrogens with zero attached hydrogens (tertiary/aromatic N) is 2. The van der Waals surface area contributed by atoms with Crippen LogP contribution in [0.1, 0.15) is 36.8 Å². The summed E-state index contributed by atoms with van der Waals surface area (Å²) in [7, 11) is 0. The lowest BCUT2D eigenvalue weighted by molar-refractivity contribution is -0.188. The number of rotatable bonds is 2. The normalized spacial score (nSPS) is 24.6. The van der Waals surface area contributed by atoms with Crippen molar-refractivity contribution < 1.29 is 19.4 Å². The summed E-state index contributed by atoms with van der Waals surface area (Å²) in [4.78, 5) is 27.9. The molecule has 1 atom stereocenters. The summed E-state index contributed by atoms with van der Waals surface area (Å²) >= 11 is 0. The number of amides is 2. The number of hydrogen-bond donors (Lipinski definition) is 1. The third kappa shape index (κ3) is 3.23. The number of benzene rings is 1. The lowest BCUT2D eigenvalue weighted by atomic mass is 9.78. The van der Waals surface area contributed by atoms with Crippen molar-refractivity contribution in [3.63, 3.8) is 0 Å². The molecule has 1 spiro atoms. The van der Waals surface area contributed by atoms with Crippen molar-refractivity contribution in [2.24, 2.45) is 0 Å². The van der Waals surface area contributed by atoms with Crippen LogP contribution in [0.25, 0.3) is 0 Å².